The highest BCUT2D eigenvalue weighted by Crippen LogP contribution is 2.39. The van der Waals surface area contributed by atoms with Gasteiger partial charge < -0.3 is 5.73 Å². The van der Waals surface area contributed by atoms with E-state index in [1.807, 2.05) is 0 Å². The SMILES string of the molecule is NCCn1cc(S(=O)(=O)N2CC3CCCC3C2)cn1. The van der Waals surface area contributed by atoms with Crippen LogP contribution in [0.15, 0.2) is 17.3 Å². The van der Waals surface area contributed by atoms with Crippen LogP contribution in [0.25, 0.3) is 0 Å². The Hall–Kier alpha value is -0.920. The summed E-state index contributed by atoms with van der Waals surface area (Å²) in [5, 5.41) is 4.05. The van der Waals surface area contributed by atoms with E-state index in [2.05, 4.69) is 5.10 Å². The van der Waals surface area contributed by atoms with Crippen molar-refractivity contribution in [2.75, 3.05) is 19.6 Å². The van der Waals surface area contributed by atoms with Gasteiger partial charge in [-0.1, -0.05) is 6.42 Å². The average Bonchev–Trinajstić information content (AvgIpc) is 3.03. The van der Waals surface area contributed by atoms with Crippen molar-refractivity contribution >= 4 is 10.0 Å². The van der Waals surface area contributed by atoms with E-state index in [-0.39, 0.29) is 0 Å². The van der Waals surface area contributed by atoms with Gasteiger partial charge in [0.05, 0.1) is 12.7 Å². The first-order valence-electron chi connectivity index (χ1n) is 6.84. The largest absolute Gasteiger partial charge is 0.329 e. The van der Waals surface area contributed by atoms with Crippen LogP contribution in [-0.2, 0) is 16.6 Å². The minimum Gasteiger partial charge on any atom is -0.329 e. The second-order valence-electron chi connectivity index (χ2n) is 5.50. The number of nitrogens with zero attached hydrogens (tertiary/aromatic N) is 3. The van der Waals surface area contributed by atoms with Gasteiger partial charge in [-0.25, -0.2) is 8.42 Å². The van der Waals surface area contributed by atoms with Crippen molar-refractivity contribution in [2.24, 2.45) is 17.6 Å². The van der Waals surface area contributed by atoms with Crippen LogP contribution in [-0.4, -0.2) is 42.1 Å². The summed E-state index contributed by atoms with van der Waals surface area (Å²) in [6, 6.07) is 0. The van der Waals surface area contributed by atoms with Crippen molar-refractivity contribution < 1.29 is 8.42 Å². The highest BCUT2D eigenvalue weighted by Gasteiger charge is 2.41. The van der Waals surface area contributed by atoms with Gasteiger partial charge in [0, 0.05) is 25.8 Å². The van der Waals surface area contributed by atoms with Gasteiger partial charge in [0.2, 0.25) is 10.0 Å². The minimum atomic E-state index is -3.37. The van der Waals surface area contributed by atoms with E-state index in [0.29, 0.717) is 42.9 Å². The summed E-state index contributed by atoms with van der Waals surface area (Å²) in [5.74, 6) is 1.13. The second-order valence-corrected chi connectivity index (χ2v) is 7.44. The second kappa shape index (κ2) is 4.88. The van der Waals surface area contributed by atoms with Crippen molar-refractivity contribution in [3.8, 4) is 0 Å². The number of rotatable bonds is 4. The third-order valence-corrected chi connectivity index (χ3v) is 6.08. The average molecular weight is 284 g/mol. The van der Waals surface area contributed by atoms with E-state index in [0.717, 1.165) is 0 Å². The van der Waals surface area contributed by atoms with Crippen LogP contribution < -0.4 is 5.73 Å². The monoisotopic (exact) mass is 284 g/mol. The molecule has 3 rings (SSSR count). The van der Waals surface area contributed by atoms with Crippen LogP contribution in [0.5, 0.6) is 0 Å². The minimum absolute atomic E-state index is 0.293. The summed E-state index contributed by atoms with van der Waals surface area (Å²) < 4.78 is 28.3. The van der Waals surface area contributed by atoms with E-state index in [4.69, 9.17) is 5.73 Å². The van der Waals surface area contributed by atoms with Gasteiger partial charge in [-0.05, 0) is 24.7 Å². The van der Waals surface area contributed by atoms with Crippen LogP contribution in [0.2, 0.25) is 0 Å². The highest BCUT2D eigenvalue weighted by molar-refractivity contribution is 7.89. The highest BCUT2D eigenvalue weighted by atomic mass is 32.2. The van der Waals surface area contributed by atoms with Crippen LogP contribution in [0, 0.1) is 11.8 Å². The molecule has 7 heteroatoms. The fourth-order valence-corrected chi connectivity index (χ4v) is 4.78. The maximum Gasteiger partial charge on any atom is 0.246 e. The van der Waals surface area contributed by atoms with E-state index < -0.39 is 10.0 Å². The van der Waals surface area contributed by atoms with Gasteiger partial charge in [0.15, 0.2) is 0 Å². The van der Waals surface area contributed by atoms with E-state index in [9.17, 15) is 8.42 Å². The molecule has 1 aromatic rings. The normalized spacial score (nSPS) is 27.8. The van der Waals surface area contributed by atoms with E-state index in [1.54, 1.807) is 15.2 Å². The van der Waals surface area contributed by atoms with Crippen molar-refractivity contribution in [1.29, 1.82) is 0 Å². The zero-order chi connectivity index (χ0) is 13.5. The lowest BCUT2D eigenvalue weighted by Crippen LogP contribution is -2.29. The molecule has 1 saturated carbocycles. The molecule has 1 aliphatic carbocycles. The molecule has 106 valence electrons. The molecule has 1 aliphatic heterocycles. The lowest BCUT2D eigenvalue weighted by molar-refractivity contribution is 0.445. The van der Waals surface area contributed by atoms with Crippen molar-refractivity contribution in [3.05, 3.63) is 12.4 Å². The van der Waals surface area contributed by atoms with Gasteiger partial charge in [-0.3, -0.25) is 4.68 Å². The molecule has 6 nitrogen and oxygen atoms in total. The topological polar surface area (TPSA) is 81.2 Å². The Kier molecular flexibility index (Phi) is 3.36. The summed E-state index contributed by atoms with van der Waals surface area (Å²) >= 11 is 0. The molecule has 0 bridgehead atoms. The van der Waals surface area contributed by atoms with Crippen molar-refractivity contribution in [2.45, 2.75) is 30.7 Å². The number of fused-ring (bicyclic) bond motifs is 1. The maximum atomic E-state index is 12.5. The first kappa shape index (κ1) is 13.1. The molecular formula is C12H20N4O2S. The Morgan fingerprint density at radius 3 is 2.63 bits per heavy atom. The molecule has 2 fully saturated rings. The van der Waals surface area contributed by atoms with E-state index in [1.165, 1.54) is 25.5 Å². The Morgan fingerprint density at radius 2 is 2.00 bits per heavy atom. The van der Waals surface area contributed by atoms with Crippen molar-refractivity contribution in [3.63, 3.8) is 0 Å². The third kappa shape index (κ3) is 2.30. The molecule has 1 aromatic heterocycles. The summed E-state index contributed by atoms with van der Waals surface area (Å²) in [4.78, 5) is 0.293. The Bertz CT molecular complexity index is 542. The Balaban J connectivity index is 1.78. The molecule has 2 unspecified atom stereocenters. The zero-order valence-corrected chi connectivity index (χ0v) is 11.7. The lowest BCUT2D eigenvalue weighted by atomic mass is 10.0. The summed E-state index contributed by atoms with van der Waals surface area (Å²) in [6.07, 6.45) is 6.60. The molecule has 2 N–H and O–H groups in total. The van der Waals surface area contributed by atoms with E-state index >= 15 is 0 Å². The first-order chi connectivity index (χ1) is 9.11. The number of nitrogens with two attached hydrogens (primary N) is 1. The number of aromatic nitrogens is 2. The maximum absolute atomic E-state index is 12.5. The zero-order valence-electron chi connectivity index (χ0n) is 10.9. The molecule has 2 aliphatic rings. The lowest BCUT2D eigenvalue weighted by Gasteiger charge is -2.15. The molecule has 19 heavy (non-hydrogen) atoms. The third-order valence-electron chi connectivity index (χ3n) is 4.30. The number of hydrogen-bond donors (Lipinski definition) is 1. The predicted molar refractivity (Wildman–Crippen MR) is 70.9 cm³/mol. The molecule has 1 saturated heterocycles. The Morgan fingerprint density at radius 1 is 1.32 bits per heavy atom. The quantitative estimate of drug-likeness (QED) is 0.860. The molecule has 0 radical (unpaired) electrons. The Labute approximate surface area is 113 Å². The molecule has 0 aromatic carbocycles. The molecule has 2 atom stereocenters. The summed E-state index contributed by atoms with van der Waals surface area (Å²) in [5.41, 5.74) is 5.44. The summed E-state index contributed by atoms with van der Waals surface area (Å²) in [6.45, 7) is 2.35. The van der Waals surface area contributed by atoms with Crippen LogP contribution in [0.3, 0.4) is 0 Å². The predicted octanol–water partition coefficient (Wildman–Crippen LogP) is 0.262. The fourth-order valence-electron chi connectivity index (χ4n) is 3.27. The van der Waals surface area contributed by atoms with Gasteiger partial charge in [0.25, 0.3) is 0 Å². The summed E-state index contributed by atoms with van der Waals surface area (Å²) in [7, 11) is -3.37. The molecule has 0 spiro atoms. The molecule has 0 amide bonds. The van der Waals surface area contributed by atoms with Crippen LogP contribution in [0.1, 0.15) is 19.3 Å². The smallest absolute Gasteiger partial charge is 0.246 e. The number of hydrogen-bond acceptors (Lipinski definition) is 4. The molecule has 2 heterocycles. The fraction of sp³-hybridized carbons (Fsp3) is 0.750. The van der Waals surface area contributed by atoms with Crippen molar-refractivity contribution in [1.82, 2.24) is 14.1 Å². The van der Waals surface area contributed by atoms with Gasteiger partial charge in [-0.2, -0.15) is 9.40 Å². The van der Waals surface area contributed by atoms with Gasteiger partial charge in [-0.15, -0.1) is 0 Å². The standard InChI is InChI=1S/C12H20N4O2S/c13-4-5-15-9-12(6-14-15)19(17,18)16-7-10-2-1-3-11(10)8-16/h6,9-11H,1-5,7-8,13H2. The number of sulfonamides is 1. The first-order valence-corrected chi connectivity index (χ1v) is 8.28. The van der Waals surface area contributed by atoms with Gasteiger partial charge >= 0.3 is 0 Å². The van der Waals surface area contributed by atoms with Crippen LogP contribution in [0.4, 0.5) is 0 Å². The van der Waals surface area contributed by atoms with Gasteiger partial charge in [0.1, 0.15) is 4.90 Å². The molecular weight excluding hydrogens is 264 g/mol. The van der Waals surface area contributed by atoms with Crippen LogP contribution >= 0.6 is 0 Å².